The first kappa shape index (κ1) is 14.4. The van der Waals surface area contributed by atoms with E-state index in [4.69, 9.17) is 4.74 Å². The second-order valence-electron chi connectivity index (χ2n) is 5.35. The van der Waals surface area contributed by atoms with E-state index in [1.54, 1.807) is 11.8 Å². The number of hydrogen-bond acceptors (Lipinski definition) is 3. The van der Waals surface area contributed by atoms with Gasteiger partial charge >= 0.3 is 0 Å². The molecular weight excluding hydrogens is 338 g/mol. The van der Waals surface area contributed by atoms with Crippen molar-refractivity contribution >= 4 is 33.6 Å². The van der Waals surface area contributed by atoms with Crippen molar-refractivity contribution in [3.8, 4) is 0 Å². The Morgan fingerprint density at radius 1 is 1.50 bits per heavy atom. The lowest BCUT2D eigenvalue weighted by molar-refractivity contribution is -0.144. The van der Waals surface area contributed by atoms with Crippen molar-refractivity contribution < 1.29 is 9.53 Å². The molecule has 5 heteroatoms. The van der Waals surface area contributed by atoms with Crippen molar-refractivity contribution in [2.75, 3.05) is 24.2 Å². The summed E-state index contributed by atoms with van der Waals surface area (Å²) in [5.74, 6) is 1.12. The third kappa shape index (κ3) is 2.63. The highest BCUT2D eigenvalue weighted by Crippen LogP contribution is 2.40. The normalized spacial score (nSPS) is 29.3. The maximum absolute atomic E-state index is 12.9. The quantitative estimate of drug-likeness (QED) is 0.764. The minimum atomic E-state index is 0.00715. The Hall–Kier alpha value is -0.520. The number of alkyl halides is 1. The smallest absolute Gasteiger partial charge is 0.231 e. The summed E-state index contributed by atoms with van der Waals surface area (Å²) in [5.41, 5.74) is 1.19. The van der Waals surface area contributed by atoms with Gasteiger partial charge in [-0.3, -0.25) is 4.79 Å². The summed E-state index contributed by atoms with van der Waals surface area (Å²) < 4.78 is 5.71. The van der Waals surface area contributed by atoms with Crippen molar-refractivity contribution in [1.82, 2.24) is 4.90 Å². The predicted molar refractivity (Wildman–Crippen MR) is 84.6 cm³/mol. The molecule has 0 saturated carbocycles. The number of carbonyl (C=O) groups is 1. The minimum absolute atomic E-state index is 0.00715. The SMILES string of the molecule is CC1COC(CBr)CN1C(=O)C1CSc2ccccc21. The van der Waals surface area contributed by atoms with E-state index in [1.807, 2.05) is 17.0 Å². The molecule has 2 heterocycles. The summed E-state index contributed by atoms with van der Waals surface area (Å²) in [5, 5.41) is 0.777. The van der Waals surface area contributed by atoms with E-state index < -0.39 is 0 Å². The molecule has 3 nitrogen and oxygen atoms in total. The third-order valence-electron chi connectivity index (χ3n) is 3.96. The number of hydrogen-bond donors (Lipinski definition) is 0. The molecule has 20 heavy (non-hydrogen) atoms. The van der Waals surface area contributed by atoms with Crippen LogP contribution < -0.4 is 0 Å². The van der Waals surface area contributed by atoms with Crippen LogP contribution in [0.3, 0.4) is 0 Å². The summed E-state index contributed by atoms with van der Waals surface area (Å²) in [4.78, 5) is 16.1. The monoisotopic (exact) mass is 355 g/mol. The molecule has 3 rings (SSSR count). The van der Waals surface area contributed by atoms with Gasteiger partial charge in [-0.15, -0.1) is 11.8 Å². The fraction of sp³-hybridized carbons (Fsp3) is 0.533. The predicted octanol–water partition coefficient (Wildman–Crippen LogP) is 2.89. The molecule has 3 unspecified atom stereocenters. The lowest BCUT2D eigenvalue weighted by Gasteiger charge is -2.38. The molecular formula is C15H18BrNO2S. The molecule has 0 spiro atoms. The van der Waals surface area contributed by atoms with E-state index in [9.17, 15) is 4.79 Å². The molecule has 1 aromatic carbocycles. The molecule has 2 aliphatic rings. The maximum atomic E-state index is 12.9. The number of amides is 1. The number of nitrogens with zero attached hydrogens (tertiary/aromatic N) is 1. The summed E-state index contributed by atoms with van der Waals surface area (Å²) in [6, 6.07) is 8.42. The van der Waals surface area contributed by atoms with Crippen molar-refractivity contribution in [2.24, 2.45) is 0 Å². The topological polar surface area (TPSA) is 29.5 Å². The van der Waals surface area contributed by atoms with E-state index in [0.717, 1.165) is 11.1 Å². The number of morpholine rings is 1. The van der Waals surface area contributed by atoms with Crippen LogP contribution >= 0.6 is 27.7 Å². The number of carbonyl (C=O) groups excluding carboxylic acids is 1. The van der Waals surface area contributed by atoms with Gasteiger partial charge in [0.2, 0.25) is 5.91 Å². The summed E-state index contributed by atoms with van der Waals surface area (Å²) in [6.07, 6.45) is 0.111. The van der Waals surface area contributed by atoms with Gasteiger partial charge in [-0.25, -0.2) is 0 Å². The average molecular weight is 356 g/mol. The molecule has 108 valence electrons. The molecule has 1 amide bonds. The second-order valence-corrected chi connectivity index (χ2v) is 7.06. The van der Waals surface area contributed by atoms with Crippen LogP contribution in [0.4, 0.5) is 0 Å². The minimum Gasteiger partial charge on any atom is -0.373 e. The van der Waals surface area contributed by atoms with E-state index in [0.29, 0.717) is 13.2 Å². The molecule has 1 aromatic rings. The van der Waals surface area contributed by atoms with Crippen LogP contribution in [-0.4, -0.2) is 47.2 Å². The third-order valence-corrected chi connectivity index (χ3v) is 5.86. The highest BCUT2D eigenvalue weighted by atomic mass is 79.9. The van der Waals surface area contributed by atoms with E-state index in [2.05, 4.69) is 35.0 Å². The van der Waals surface area contributed by atoms with Crippen LogP contribution in [0.15, 0.2) is 29.2 Å². The van der Waals surface area contributed by atoms with Crippen LogP contribution in [0, 0.1) is 0 Å². The largest absolute Gasteiger partial charge is 0.373 e. The fourth-order valence-corrected chi connectivity index (χ4v) is 4.40. The Kier molecular flexibility index (Phi) is 4.38. The summed E-state index contributed by atoms with van der Waals surface area (Å²) >= 11 is 5.24. The van der Waals surface area contributed by atoms with E-state index in [1.165, 1.54) is 10.5 Å². The highest BCUT2D eigenvalue weighted by Gasteiger charge is 2.36. The lowest BCUT2D eigenvalue weighted by atomic mass is 9.98. The summed E-state index contributed by atoms with van der Waals surface area (Å²) in [7, 11) is 0. The van der Waals surface area contributed by atoms with Gasteiger partial charge in [0.25, 0.3) is 0 Å². The molecule has 0 N–H and O–H groups in total. The standard InChI is InChI=1S/C15H18BrNO2S/c1-10-8-19-11(6-16)7-17(10)15(18)13-9-20-14-5-3-2-4-12(13)14/h2-5,10-11,13H,6-9H2,1H3. The molecule has 3 atom stereocenters. The first-order valence-corrected chi connectivity index (χ1v) is 9.01. The zero-order valence-electron chi connectivity index (χ0n) is 11.4. The molecule has 0 aliphatic carbocycles. The maximum Gasteiger partial charge on any atom is 0.231 e. The van der Waals surface area contributed by atoms with E-state index in [-0.39, 0.29) is 24.0 Å². The van der Waals surface area contributed by atoms with Crippen LogP contribution in [0.5, 0.6) is 0 Å². The number of fused-ring (bicyclic) bond motifs is 1. The van der Waals surface area contributed by atoms with Crippen LogP contribution in [0.1, 0.15) is 18.4 Å². The molecule has 1 saturated heterocycles. The van der Waals surface area contributed by atoms with Gasteiger partial charge in [0.1, 0.15) is 0 Å². The fourth-order valence-electron chi connectivity index (χ4n) is 2.79. The Balaban J connectivity index is 1.79. The Morgan fingerprint density at radius 3 is 3.10 bits per heavy atom. The summed E-state index contributed by atoms with van der Waals surface area (Å²) in [6.45, 7) is 3.38. The van der Waals surface area contributed by atoms with Crippen LogP contribution in [0.2, 0.25) is 0 Å². The number of ether oxygens (including phenoxy) is 1. The first-order valence-electron chi connectivity index (χ1n) is 6.90. The second kappa shape index (κ2) is 6.08. The number of benzene rings is 1. The zero-order valence-corrected chi connectivity index (χ0v) is 13.8. The van der Waals surface area contributed by atoms with Crippen LogP contribution in [0.25, 0.3) is 0 Å². The van der Waals surface area contributed by atoms with Gasteiger partial charge in [-0.1, -0.05) is 34.1 Å². The van der Waals surface area contributed by atoms with Crippen molar-refractivity contribution in [1.29, 1.82) is 0 Å². The number of thioether (sulfide) groups is 1. The lowest BCUT2D eigenvalue weighted by Crippen LogP contribution is -2.52. The van der Waals surface area contributed by atoms with Gasteiger partial charge in [0.05, 0.1) is 24.7 Å². The molecule has 0 aromatic heterocycles. The van der Waals surface area contributed by atoms with Gasteiger partial charge < -0.3 is 9.64 Å². The first-order chi connectivity index (χ1) is 9.70. The number of rotatable bonds is 2. The molecule has 1 fully saturated rings. The highest BCUT2D eigenvalue weighted by molar-refractivity contribution is 9.09. The number of halogens is 1. The average Bonchev–Trinajstić information content (AvgIpc) is 2.91. The van der Waals surface area contributed by atoms with Crippen molar-refractivity contribution in [3.05, 3.63) is 29.8 Å². The molecule has 0 bridgehead atoms. The molecule has 2 aliphatic heterocycles. The zero-order chi connectivity index (χ0) is 14.1. The van der Waals surface area contributed by atoms with Gasteiger partial charge in [-0.05, 0) is 18.6 Å². The van der Waals surface area contributed by atoms with Crippen molar-refractivity contribution in [2.45, 2.75) is 29.9 Å². The van der Waals surface area contributed by atoms with E-state index >= 15 is 0 Å². The van der Waals surface area contributed by atoms with Crippen molar-refractivity contribution in [3.63, 3.8) is 0 Å². The molecule has 0 radical (unpaired) electrons. The van der Waals surface area contributed by atoms with Crippen LogP contribution in [-0.2, 0) is 9.53 Å². The Morgan fingerprint density at radius 2 is 2.30 bits per heavy atom. The van der Waals surface area contributed by atoms with Gasteiger partial charge in [-0.2, -0.15) is 0 Å². The van der Waals surface area contributed by atoms with Gasteiger partial charge in [0, 0.05) is 22.5 Å². The van der Waals surface area contributed by atoms with Gasteiger partial charge in [0.15, 0.2) is 0 Å². The Labute approximate surface area is 132 Å². The Bertz CT molecular complexity index is 510.